The van der Waals surface area contributed by atoms with Crippen LogP contribution in [0.3, 0.4) is 0 Å². The average molecular weight is 352 g/mol. The highest BCUT2D eigenvalue weighted by atomic mass is 32.1. The summed E-state index contributed by atoms with van der Waals surface area (Å²) in [5.74, 6) is 1.12. The van der Waals surface area contributed by atoms with Crippen molar-refractivity contribution in [3.63, 3.8) is 0 Å². The first-order valence-electron chi connectivity index (χ1n) is 7.93. The fraction of sp³-hybridized carbons (Fsp3) is 0.158. The summed E-state index contributed by atoms with van der Waals surface area (Å²) in [5.41, 5.74) is 1.80. The van der Waals surface area contributed by atoms with E-state index in [0.717, 1.165) is 11.4 Å². The lowest BCUT2D eigenvalue weighted by atomic mass is 10.1. The zero-order chi connectivity index (χ0) is 17.1. The molecule has 0 radical (unpaired) electrons. The Morgan fingerprint density at radius 1 is 1.12 bits per heavy atom. The number of nitrogens with zero attached hydrogens (tertiary/aromatic N) is 1. The highest BCUT2D eigenvalue weighted by molar-refractivity contribution is 7.11. The second-order valence-electron chi connectivity index (χ2n) is 5.63. The lowest BCUT2D eigenvalue weighted by molar-refractivity contribution is 0.0950. The normalized spacial score (nSPS) is 12.2. The van der Waals surface area contributed by atoms with Crippen LogP contribution in [0.5, 0.6) is 11.5 Å². The van der Waals surface area contributed by atoms with Crippen LogP contribution >= 0.6 is 11.3 Å². The van der Waals surface area contributed by atoms with Crippen LogP contribution in [0.2, 0.25) is 0 Å². The molecule has 1 aliphatic rings. The number of carbonyl (C=O) groups excluding carboxylic acids is 1. The number of thiazole rings is 1. The van der Waals surface area contributed by atoms with E-state index in [9.17, 15) is 4.79 Å². The van der Waals surface area contributed by atoms with Crippen LogP contribution in [0.15, 0.2) is 54.7 Å². The van der Waals surface area contributed by atoms with Crippen LogP contribution < -0.4 is 14.8 Å². The zero-order valence-electron chi connectivity index (χ0n) is 13.4. The molecule has 0 spiro atoms. The maximum atomic E-state index is 12.3. The Morgan fingerprint density at radius 2 is 1.96 bits per heavy atom. The zero-order valence-corrected chi connectivity index (χ0v) is 14.2. The number of nitrogens with one attached hydrogen (secondary N) is 1. The smallest absolute Gasteiger partial charge is 0.251 e. The molecular formula is C19H16N2O3S. The molecule has 0 aliphatic carbocycles. The molecule has 0 fully saturated rings. The van der Waals surface area contributed by atoms with E-state index in [1.807, 2.05) is 24.4 Å². The van der Waals surface area contributed by atoms with Crippen molar-refractivity contribution in [1.29, 1.82) is 0 Å². The fourth-order valence-electron chi connectivity index (χ4n) is 2.60. The van der Waals surface area contributed by atoms with Gasteiger partial charge in [-0.1, -0.05) is 30.3 Å². The summed E-state index contributed by atoms with van der Waals surface area (Å²) in [6, 6.07) is 15.4. The third kappa shape index (κ3) is 3.64. The monoisotopic (exact) mass is 352 g/mol. The first-order chi connectivity index (χ1) is 12.3. The molecule has 0 atom stereocenters. The van der Waals surface area contributed by atoms with E-state index in [0.29, 0.717) is 23.6 Å². The van der Waals surface area contributed by atoms with Crippen molar-refractivity contribution >= 4 is 17.2 Å². The van der Waals surface area contributed by atoms with Gasteiger partial charge in [-0.15, -0.1) is 11.3 Å². The van der Waals surface area contributed by atoms with Gasteiger partial charge in [-0.2, -0.15) is 0 Å². The summed E-state index contributed by atoms with van der Waals surface area (Å²) >= 11 is 1.61. The van der Waals surface area contributed by atoms with Crippen molar-refractivity contribution in [2.75, 3.05) is 6.79 Å². The fourth-order valence-corrected chi connectivity index (χ4v) is 3.50. The molecule has 0 bridgehead atoms. The molecule has 25 heavy (non-hydrogen) atoms. The number of hydrogen-bond donors (Lipinski definition) is 1. The third-order valence-corrected chi connectivity index (χ3v) is 4.85. The Morgan fingerprint density at radius 3 is 2.84 bits per heavy atom. The molecule has 3 aromatic rings. The van der Waals surface area contributed by atoms with Crippen molar-refractivity contribution in [3.05, 3.63) is 75.7 Å². The first kappa shape index (κ1) is 15.7. The molecule has 5 nitrogen and oxygen atoms in total. The lowest BCUT2D eigenvalue weighted by Crippen LogP contribution is -2.22. The van der Waals surface area contributed by atoms with Crippen molar-refractivity contribution in [2.45, 2.75) is 13.0 Å². The van der Waals surface area contributed by atoms with Crippen molar-refractivity contribution in [2.24, 2.45) is 0 Å². The number of hydrogen-bond acceptors (Lipinski definition) is 5. The Kier molecular flexibility index (Phi) is 4.35. The van der Waals surface area contributed by atoms with Gasteiger partial charge >= 0.3 is 0 Å². The Bertz CT molecular complexity index is 893. The minimum atomic E-state index is -0.155. The van der Waals surface area contributed by atoms with Gasteiger partial charge in [-0.3, -0.25) is 4.79 Å². The van der Waals surface area contributed by atoms with Gasteiger partial charge in [0, 0.05) is 23.1 Å². The number of amides is 1. The van der Waals surface area contributed by atoms with Crippen molar-refractivity contribution < 1.29 is 14.3 Å². The van der Waals surface area contributed by atoms with Gasteiger partial charge in [-0.05, 0) is 23.8 Å². The van der Waals surface area contributed by atoms with Gasteiger partial charge in [-0.25, -0.2) is 4.98 Å². The highest BCUT2D eigenvalue weighted by Gasteiger charge is 2.16. The van der Waals surface area contributed by atoms with E-state index in [1.165, 1.54) is 10.4 Å². The van der Waals surface area contributed by atoms with Crippen LogP contribution in [0.1, 0.15) is 25.8 Å². The molecule has 6 heteroatoms. The van der Waals surface area contributed by atoms with Gasteiger partial charge in [0.2, 0.25) is 6.79 Å². The molecule has 126 valence electrons. The number of aromatic nitrogens is 1. The lowest BCUT2D eigenvalue weighted by Gasteiger charge is -2.04. The molecule has 2 heterocycles. The number of fused-ring (bicyclic) bond motifs is 1. The maximum Gasteiger partial charge on any atom is 0.251 e. The third-order valence-electron chi connectivity index (χ3n) is 3.86. The van der Waals surface area contributed by atoms with Crippen molar-refractivity contribution in [1.82, 2.24) is 10.3 Å². The maximum absolute atomic E-state index is 12.3. The van der Waals surface area contributed by atoms with Gasteiger partial charge in [0.1, 0.15) is 5.01 Å². The summed E-state index contributed by atoms with van der Waals surface area (Å²) in [5, 5.41) is 3.79. The highest BCUT2D eigenvalue weighted by Crippen LogP contribution is 2.32. The second-order valence-corrected chi connectivity index (χ2v) is 6.83. The van der Waals surface area contributed by atoms with Crippen molar-refractivity contribution in [3.8, 4) is 11.5 Å². The summed E-state index contributed by atoms with van der Waals surface area (Å²) < 4.78 is 10.6. The number of carbonyl (C=O) groups is 1. The molecule has 1 aliphatic heterocycles. The van der Waals surface area contributed by atoms with Crippen LogP contribution in [0.25, 0.3) is 0 Å². The first-order valence-corrected chi connectivity index (χ1v) is 8.75. The van der Waals surface area contributed by atoms with Gasteiger partial charge in [0.25, 0.3) is 5.91 Å². The SMILES string of the molecule is O=C(NCc1ncc(Cc2ccccc2)s1)c1ccc2c(c1)OCO2. The van der Waals surface area contributed by atoms with Gasteiger partial charge < -0.3 is 14.8 Å². The quantitative estimate of drug-likeness (QED) is 0.765. The van der Waals surface area contributed by atoms with E-state index in [2.05, 4.69) is 22.4 Å². The van der Waals surface area contributed by atoms with Gasteiger partial charge in [0.05, 0.1) is 6.54 Å². The predicted molar refractivity (Wildman–Crippen MR) is 95.1 cm³/mol. The standard InChI is InChI=1S/C19H16N2O3S/c22-19(14-6-7-16-17(9-14)24-12-23-16)21-11-18-20-10-15(25-18)8-13-4-2-1-3-5-13/h1-7,9-10H,8,11-12H2,(H,21,22). The molecule has 1 N–H and O–H groups in total. The molecule has 0 saturated heterocycles. The molecule has 1 aromatic heterocycles. The molecule has 0 saturated carbocycles. The van der Waals surface area contributed by atoms with Crippen LogP contribution in [0.4, 0.5) is 0 Å². The summed E-state index contributed by atoms with van der Waals surface area (Å²) in [6.07, 6.45) is 2.73. The summed E-state index contributed by atoms with van der Waals surface area (Å²) in [6.45, 7) is 0.608. The number of ether oxygens (including phenoxy) is 2. The van der Waals surface area contributed by atoms with Crippen LogP contribution in [-0.2, 0) is 13.0 Å². The van der Waals surface area contributed by atoms with E-state index < -0.39 is 0 Å². The predicted octanol–water partition coefficient (Wildman–Crippen LogP) is 3.39. The topological polar surface area (TPSA) is 60.5 Å². The Balaban J connectivity index is 1.36. The second kappa shape index (κ2) is 6.94. The summed E-state index contributed by atoms with van der Waals surface area (Å²) in [4.78, 5) is 17.9. The molecule has 4 rings (SSSR count). The molecular weight excluding hydrogens is 336 g/mol. The average Bonchev–Trinajstić information content (AvgIpc) is 3.29. The van der Waals surface area contributed by atoms with Crippen LogP contribution in [-0.4, -0.2) is 17.7 Å². The van der Waals surface area contributed by atoms with E-state index in [4.69, 9.17) is 9.47 Å². The minimum absolute atomic E-state index is 0.155. The van der Waals surface area contributed by atoms with E-state index in [-0.39, 0.29) is 12.7 Å². The molecule has 1 amide bonds. The molecule has 2 aromatic carbocycles. The Labute approximate surface area is 149 Å². The summed E-state index contributed by atoms with van der Waals surface area (Å²) in [7, 11) is 0. The van der Waals surface area contributed by atoms with Crippen LogP contribution in [0, 0.1) is 0 Å². The largest absolute Gasteiger partial charge is 0.454 e. The number of rotatable bonds is 5. The Hall–Kier alpha value is -2.86. The van der Waals surface area contributed by atoms with E-state index >= 15 is 0 Å². The number of benzene rings is 2. The van der Waals surface area contributed by atoms with E-state index in [1.54, 1.807) is 29.5 Å². The minimum Gasteiger partial charge on any atom is -0.454 e. The molecule has 0 unspecified atom stereocenters. The van der Waals surface area contributed by atoms with Gasteiger partial charge in [0.15, 0.2) is 11.5 Å².